The maximum atomic E-state index is 13.0. The molecule has 0 aliphatic heterocycles. The molecule has 1 aliphatic rings. The van der Waals surface area contributed by atoms with Gasteiger partial charge in [0, 0.05) is 5.92 Å². The number of carboxylic acid groups (broad SMARTS) is 1. The van der Waals surface area contributed by atoms with E-state index in [-0.39, 0.29) is 25.6 Å². The Morgan fingerprint density at radius 3 is 2.10 bits per heavy atom. The summed E-state index contributed by atoms with van der Waals surface area (Å²) in [5.41, 5.74) is 5.23. The molecule has 0 bridgehead atoms. The van der Waals surface area contributed by atoms with Crippen LogP contribution in [0.25, 0.3) is 11.1 Å². The van der Waals surface area contributed by atoms with Crippen molar-refractivity contribution in [1.29, 1.82) is 0 Å². The van der Waals surface area contributed by atoms with Crippen molar-refractivity contribution in [3.05, 3.63) is 108 Å². The number of alkyl carbamates (subject to hydrolysis) is 1. The first-order valence-corrected chi connectivity index (χ1v) is 12.8. The zero-order valence-electron chi connectivity index (χ0n) is 21.7. The van der Waals surface area contributed by atoms with E-state index < -0.39 is 36.2 Å². The number of carbonyl (C=O) groups excluding carboxylic acids is 2. The predicted molar refractivity (Wildman–Crippen MR) is 147 cm³/mol. The Morgan fingerprint density at radius 1 is 0.923 bits per heavy atom. The topological polar surface area (TPSA) is 114 Å². The fourth-order valence-electron chi connectivity index (χ4n) is 4.71. The van der Waals surface area contributed by atoms with E-state index in [0.29, 0.717) is 0 Å². The van der Waals surface area contributed by atoms with Crippen LogP contribution in [0.4, 0.5) is 4.79 Å². The molecule has 8 heteroatoms. The molecule has 0 spiro atoms. The fraction of sp³-hybridized carbons (Fsp3) is 0.258. The smallest absolute Gasteiger partial charge is 0.407 e. The third kappa shape index (κ3) is 6.72. The van der Waals surface area contributed by atoms with Gasteiger partial charge >= 0.3 is 12.1 Å². The van der Waals surface area contributed by atoms with Crippen molar-refractivity contribution in [2.45, 2.75) is 44.1 Å². The van der Waals surface area contributed by atoms with Crippen LogP contribution in [0.3, 0.4) is 0 Å². The van der Waals surface area contributed by atoms with Crippen LogP contribution in [0.2, 0.25) is 0 Å². The molecule has 1 aliphatic carbocycles. The van der Waals surface area contributed by atoms with Crippen LogP contribution in [-0.2, 0) is 25.7 Å². The first-order valence-electron chi connectivity index (χ1n) is 12.8. The zero-order valence-corrected chi connectivity index (χ0v) is 21.7. The quantitative estimate of drug-likeness (QED) is 0.295. The average molecular weight is 529 g/mol. The van der Waals surface area contributed by atoms with Crippen molar-refractivity contribution in [2.75, 3.05) is 6.61 Å². The summed E-state index contributed by atoms with van der Waals surface area (Å²) >= 11 is 0. The summed E-state index contributed by atoms with van der Waals surface area (Å²) < 4.78 is 11.2. The van der Waals surface area contributed by atoms with Gasteiger partial charge in [-0.15, -0.1) is 6.58 Å². The van der Waals surface area contributed by atoms with E-state index in [1.807, 2.05) is 78.9 Å². The van der Waals surface area contributed by atoms with E-state index in [2.05, 4.69) is 17.2 Å². The van der Waals surface area contributed by atoms with Gasteiger partial charge in [-0.2, -0.15) is 0 Å². The molecule has 3 N–H and O–H groups in total. The van der Waals surface area contributed by atoms with Crippen molar-refractivity contribution in [2.24, 2.45) is 0 Å². The number of carboxylic acids is 1. The normalized spacial score (nSPS) is 14.3. The number of amides is 2. The van der Waals surface area contributed by atoms with Gasteiger partial charge in [-0.3, -0.25) is 4.79 Å². The van der Waals surface area contributed by atoms with Crippen LogP contribution in [-0.4, -0.2) is 47.9 Å². The Balaban J connectivity index is 1.36. The number of hydrogen-bond acceptors (Lipinski definition) is 5. The van der Waals surface area contributed by atoms with Crippen molar-refractivity contribution in [3.8, 4) is 11.1 Å². The summed E-state index contributed by atoms with van der Waals surface area (Å²) in [4.78, 5) is 37.7. The third-order valence-corrected chi connectivity index (χ3v) is 6.74. The minimum atomic E-state index is -1.32. The molecule has 0 aromatic heterocycles. The standard InChI is InChI=1S/C31H32N2O6/c1-3-11-27(29(34)33-28(30(35)36)20(2)38-18-21-12-5-4-6-13-21)32-31(37)39-19-26-24-16-9-7-14-22(24)23-15-8-10-17-25(23)26/h3-10,12-17,20,26-28H,1,11,18-19H2,2H3,(H,32,37)(H,33,34)(H,35,36)/t20-,27?,28+/m0/s1. The van der Waals surface area contributed by atoms with Crippen molar-refractivity contribution in [3.63, 3.8) is 0 Å². The van der Waals surface area contributed by atoms with Crippen LogP contribution >= 0.6 is 0 Å². The Hall–Kier alpha value is -4.43. The molecule has 202 valence electrons. The lowest BCUT2D eigenvalue weighted by Gasteiger charge is -2.25. The van der Waals surface area contributed by atoms with E-state index in [1.54, 1.807) is 6.92 Å². The molecular weight excluding hydrogens is 496 g/mol. The van der Waals surface area contributed by atoms with E-state index in [4.69, 9.17) is 9.47 Å². The van der Waals surface area contributed by atoms with Crippen LogP contribution in [0.15, 0.2) is 91.5 Å². The molecule has 3 aromatic rings. The Morgan fingerprint density at radius 2 is 1.51 bits per heavy atom. The lowest BCUT2D eigenvalue weighted by molar-refractivity contribution is -0.146. The predicted octanol–water partition coefficient (Wildman–Crippen LogP) is 4.64. The van der Waals surface area contributed by atoms with Gasteiger partial charge in [0.2, 0.25) is 5.91 Å². The number of aliphatic carboxylic acids is 1. The van der Waals surface area contributed by atoms with Gasteiger partial charge in [-0.05, 0) is 41.2 Å². The zero-order chi connectivity index (χ0) is 27.8. The lowest BCUT2D eigenvalue weighted by atomic mass is 9.98. The first kappa shape index (κ1) is 27.6. The molecule has 4 rings (SSSR count). The highest BCUT2D eigenvalue weighted by atomic mass is 16.5. The minimum absolute atomic E-state index is 0.0849. The van der Waals surface area contributed by atoms with Gasteiger partial charge in [-0.25, -0.2) is 9.59 Å². The largest absolute Gasteiger partial charge is 0.480 e. The van der Waals surface area contributed by atoms with Crippen LogP contribution < -0.4 is 10.6 Å². The Labute approximate surface area is 227 Å². The van der Waals surface area contributed by atoms with E-state index in [9.17, 15) is 19.5 Å². The van der Waals surface area contributed by atoms with Gasteiger partial charge < -0.3 is 25.2 Å². The maximum absolute atomic E-state index is 13.0. The van der Waals surface area contributed by atoms with Crippen molar-refractivity contribution in [1.82, 2.24) is 10.6 Å². The molecule has 0 fully saturated rings. The summed E-state index contributed by atoms with van der Waals surface area (Å²) in [5.74, 6) is -2.05. The monoisotopic (exact) mass is 528 g/mol. The number of fused-ring (bicyclic) bond motifs is 3. The van der Waals surface area contributed by atoms with Gasteiger partial charge in [0.25, 0.3) is 0 Å². The van der Waals surface area contributed by atoms with Crippen molar-refractivity contribution >= 4 is 18.0 Å². The number of rotatable bonds is 12. The second-order valence-electron chi connectivity index (χ2n) is 9.37. The molecule has 0 saturated carbocycles. The molecule has 2 amide bonds. The summed E-state index contributed by atoms with van der Waals surface area (Å²) in [7, 11) is 0. The summed E-state index contributed by atoms with van der Waals surface area (Å²) in [6, 6.07) is 22.9. The Bertz CT molecular complexity index is 1280. The second-order valence-corrected chi connectivity index (χ2v) is 9.37. The molecule has 0 heterocycles. The lowest BCUT2D eigenvalue weighted by Crippen LogP contribution is -2.55. The second kappa shape index (κ2) is 12.9. The van der Waals surface area contributed by atoms with Gasteiger partial charge in [0.15, 0.2) is 6.04 Å². The van der Waals surface area contributed by atoms with Crippen LogP contribution in [0.1, 0.15) is 36.0 Å². The molecule has 39 heavy (non-hydrogen) atoms. The molecule has 1 unspecified atom stereocenters. The summed E-state index contributed by atoms with van der Waals surface area (Å²) in [6.07, 6.45) is -0.0506. The molecule has 0 radical (unpaired) electrons. The first-order chi connectivity index (χ1) is 18.9. The molecule has 0 saturated heterocycles. The highest BCUT2D eigenvalue weighted by Gasteiger charge is 2.32. The maximum Gasteiger partial charge on any atom is 0.407 e. The third-order valence-electron chi connectivity index (χ3n) is 6.74. The molecule has 3 aromatic carbocycles. The van der Waals surface area contributed by atoms with Crippen LogP contribution in [0.5, 0.6) is 0 Å². The van der Waals surface area contributed by atoms with E-state index in [0.717, 1.165) is 27.8 Å². The molecular formula is C31H32N2O6. The fourth-order valence-corrected chi connectivity index (χ4v) is 4.71. The SMILES string of the molecule is C=CCC(NC(=O)OCC1c2ccccc2-c2ccccc21)C(=O)N[C@@H](C(=O)O)[C@H](C)OCc1ccccc1. The number of benzene rings is 3. The van der Waals surface area contributed by atoms with Crippen molar-refractivity contribution < 1.29 is 29.0 Å². The Kier molecular flexibility index (Phi) is 9.12. The number of hydrogen-bond donors (Lipinski definition) is 3. The highest BCUT2D eigenvalue weighted by molar-refractivity contribution is 5.89. The number of nitrogens with one attached hydrogen (secondary N) is 2. The molecule has 3 atom stereocenters. The minimum Gasteiger partial charge on any atom is -0.480 e. The highest BCUT2D eigenvalue weighted by Crippen LogP contribution is 2.44. The number of ether oxygens (including phenoxy) is 2. The van der Waals surface area contributed by atoms with Gasteiger partial charge in [0.1, 0.15) is 12.6 Å². The number of carbonyl (C=O) groups is 3. The summed E-state index contributed by atoms with van der Waals surface area (Å²) in [6.45, 7) is 5.50. The summed E-state index contributed by atoms with van der Waals surface area (Å²) in [5, 5.41) is 14.8. The van der Waals surface area contributed by atoms with Crippen LogP contribution in [0, 0.1) is 0 Å². The average Bonchev–Trinajstić information content (AvgIpc) is 3.27. The van der Waals surface area contributed by atoms with Gasteiger partial charge in [0.05, 0.1) is 12.7 Å². The van der Waals surface area contributed by atoms with E-state index >= 15 is 0 Å². The van der Waals surface area contributed by atoms with E-state index in [1.165, 1.54) is 6.08 Å². The van der Waals surface area contributed by atoms with Gasteiger partial charge in [-0.1, -0.05) is 84.9 Å². The molecule has 8 nitrogen and oxygen atoms in total.